The van der Waals surface area contributed by atoms with E-state index >= 15 is 0 Å². The fraction of sp³-hybridized carbons (Fsp3) is 0.267. The smallest absolute Gasteiger partial charge is 0.180 e. The molecule has 4 aromatic heterocycles. The molecule has 4 heterocycles. The molecule has 0 aliphatic rings. The number of nitrogens with zero attached hydrogens (tertiary/aromatic N) is 7. The second-order valence-corrected chi connectivity index (χ2v) is 4.49. The van der Waals surface area contributed by atoms with Crippen molar-refractivity contribution < 1.29 is 8.83 Å². The zero-order valence-electron chi connectivity index (χ0n) is 14.1. The molecule has 0 atom stereocenters. The third kappa shape index (κ3) is 9.66. The minimum Gasteiger partial charge on any atom is -0.452 e. The Balaban J connectivity index is 0.000000160. The van der Waals surface area contributed by atoms with Crippen LogP contribution in [-0.2, 0) is 14.1 Å². The molecule has 4 aromatic rings. The van der Waals surface area contributed by atoms with Gasteiger partial charge >= 0.3 is 0 Å². The predicted octanol–water partition coefficient (Wildman–Crippen LogP) is 2.20. The zero-order chi connectivity index (χ0) is 17.6. The van der Waals surface area contributed by atoms with Crippen molar-refractivity contribution in [3.8, 4) is 0 Å². The topological polar surface area (TPSA) is 101 Å². The standard InChI is InChI=1S/C4H6N2.2C4H5NO.C3H5N3/c1-6-4-2-3-5-6;1-4-2-6-3-5-4;1-4-2-5-3-6-4;1-6-3-4-2-5-6/h2-4H,1H3;3*2-3H,1H3. The Labute approximate surface area is 140 Å². The van der Waals surface area contributed by atoms with Crippen LogP contribution in [0.5, 0.6) is 0 Å². The molecule has 0 N–H and O–H groups in total. The Hall–Kier alpha value is -3.23. The lowest BCUT2D eigenvalue weighted by atomic mass is 10.6. The van der Waals surface area contributed by atoms with Crippen LogP contribution in [0.25, 0.3) is 0 Å². The number of aromatic nitrogens is 7. The molecule has 128 valence electrons. The van der Waals surface area contributed by atoms with Crippen LogP contribution in [0.1, 0.15) is 11.5 Å². The molecule has 0 saturated heterocycles. The van der Waals surface area contributed by atoms with Gasteiger partial charge in [0.15, 0.2) is 12.8 Å². The van der Waals surface area contributed by atoms with Crippen LogP contribution in [-0.4, -0.2) is 34.5 Å². The van der Waals surface area contributed by atoms with Crippen molar-refractivity contribution in [1.82, 2.24) is 34.5 Å². The highest BCUT2D eigenvalue weighted by Crippen LogP contribution is 1.88. The number of rotatable bonds is 0. The summed E-state index contributed by atoms with van der Waals surface area (Å²) in [6, 6.07) is 1.89. The summed E-state index contributed by atoms with van der Waals surface area (Å²) in [4.78, 5) is 11.1. The van der Waals surface area contributed by atoms with Gasteiger partial charge in [0.2, 0.25) is 0 Å². The van der Waals surface area contributed by atoms with Crippen LogP contribution in [0.4, 0.5) is 0 Å². The van der Waals surface area contributed by atoms with Gasteiger partial charge in [-0.3, -0.25) is 9.36 Å². The lowest BCUT2D eigenvalue weighted by molar-refractivity contribution is 0.527. The van der Waals surface area contributed by atoms with Crippen LogP contribution in [0, 0.1) is 13.8 Å². The summed E-state index contributed by atoms with van der Waals surface area (Å²) >= 11 is 0. The van der Waals surface area contributed by atoms with Gasteiger partial charge in [-0.25, -0.2) is 15.0 Å². The molecule has 0 aromatic carbocycles. The highest BCUT2D eigenvalue weighted by atomic mass is 16.3. The van der Waals surface area contributed by atoms with Crippen molar-refractivity contribution >= 4 is 0 Å². The normalized spacial score (nSPS) is 8.83. The van der Waals surface area contributed by atoms with Crippen LogP contribution in [0.3, 0.4) is 0 Å². The molecule has 0 fully saturated rings. The van der Waals surface area contributed by atoms with E-state index in [0.29, 0.717) is 0 Å². The molecule has 0 aliphatic heterocycles. The number of hydrogen-bond acceptors (Lipinski definition) is 7. The molecular formula is C15H21N7O2. The molecule has 0 spiro atoms. The van der Waals surface area contributed by atoms with Crippen molar-refractivity contribution in [3.63, 3.8) is 0 Å². The first kappa shape index (κ1) is 18.8. The molecule has 0 amide bonds. The van der Waals surface area contributed by atoms with Crippen molar-refractivity contribution in [2.24, 2.45) is 14.1 Å². The first-order valence-corrected chi connectivity index (χ1v) is 7.00. The van der Waals surface area contributed by atoms with Crippen molar-refractivity contribution in [1.29, 1.82) is 0 Å². The molecule has 4 rings (SSSR count). The Kier molecular flexibility index (Phi) is 8.90. The van der Waals surface area contributed by atoms with E-state index in [1.807, 2.05) is 40.2 Å². The number of aryl methyl sites for hydroxylation is 4. The van der Waals surface area contributed by atoms with Crippen LogP contribution >= 0.6 is 0 Å². The summed E-state index contributed by atoms with van der Waals surface area (Å²) in [6.07, 6.45) is 12.9. The fourth-order valence-corrected chi connectivity index (χ4v) is 1.16. The van der Waals surface area contributed by atoms with Crippen LogP contribution in [0.15, 0.2) is 65.2 Å². The molecule has 0 aliphatic carbocycles. The maximum absolute atomic E-state index is 4.72. The Morgan fingerprint density at radius 1 is 1.00 bits per heavy atom. The summed E-state index contributed by atoms with van der Waals surface area (Å²) in [5, 5.41) is 7.56. The quantitative estimate of drug-likeness (QED) is 0.487. The van der Waals surface area contributed by atoms with E-state index in [9.17, 15) is 0 Å². The SMILES string of the molecule is Cc1cnco1.Cc1cocn1.Cn1cccn1.Cn1cncn1. The van der Waals surface area contributed by atoms with E-state index in [0.717, 1.165) is 11.5 Å². The summed E-state index contributed by atoms with van der Waals surface area (Å²) < 4.78 is 12.7. The first-order valence-electron chi connectivity index (χ1n) is 7.00. The maximum Gasteiger partial charge on any atom is 0.180 e. The Bertz CT molecular complexity index is 573. The van der Waals surface area contributed by atoms with E-state index in [-0.39, 0.29) is 0 Å². The minimum atomic E-state index is 0.856. The second kappa shape index (κ2) is 11.4. The van der Waals surface area contributed by atoms with E-state index < -0.39 is 0 Å². The number of hydrogen-bond donors (Lipinski definition) is 0. The Morgan fingerprint density at radius 3 is 2.00 bits per heavy atom. The first-order chi connectivity index (χ1) is 11.6. The average Bonchev–Trinajstić information content (AvgIpc) is 3.31. The van der Waals surface area contributed by atoms with Gasteiger partial charge < -0.3 is 8.83 Å². The van der Waals surface area contributed by atoms with Crippen molar-refractivity contribution in [2.45, 2.75) is 13.8 Å². The molecule has 0 radical (unpaired) electrons. The summed E-state index contributed by atoms with van der Waals surface area (Å²) in [7, 11) is 3.72. The molecule has 9 nitrogen and oxygen atoms in total. The van der Waals surface area contributed by atoms with Crippen molar-refractivity contribution in [2.75, 3.05) is 0 Å². The molecule has 9 heteroatoms. The molecule has 24 heavy (non-hydrogen) atoms. The lowest BCUT2D eigenvalue weighted by Gasteiger charge is -1.77. The van der Waals surface area contributed by atoms with Gasteiger partial charge in [-0.15, -0.1) is 0 Å². The minimum absolute atomic E-state index is 0.856. The average molecular weight is 331 g/mol. The van der Waals surface area contributed by atoms with Gasteiger partial charge in [-0.05, 0) is 19.9 Å². The summed E-state index contributed by atoms with van der Waals surface area (Å²) in [5.41, 5.74) is 0.926. The number of oxazole rings is 2. The van der Waals surface area contributed by atoms with Crippen LogP contribution in [0.2, 0.25) is 0 Å². The summed E-state index contributed by atoms with van der Waals surface area (Å²) in [6.45, 7) is 3.73. The highest BCUT2D eigenvalue weighted by molar-refractivity contribution is 4.83. The molecule has 0 bridgehead atoms. The zero-order valence-corrected chi connectivity index (χ0v) is 14.1. The highest BCUT2D eigenvalue weighted by Gasteiger charge is 1.78. The van der Waals surface area contributed by atoms with Gasteiger partial charge in [0.1, 0.15) is 24.7 Å². The van der Waals surface area contributed by atoms with Gasteiger partial charge in [0.05, 0.1) is 11.9 Å². The third-order valence-corrected chi connectivity index (χ3v) is 2.28. The predicted molar refractivity (Wildman–Crippen MR) is 86.7 cm³/mol. The van der Waals surface area contributed by atoms with E-state index in [1.54, 1.807) is 34.3 Å². The molecule has 0 saturated carbocycles. The fourth-order valence-electron chi connectivity index (χ4n) is 1.16. The van der Waals surface area contributed by atoms with Crippen LogP contribution < -0.4 is 0 Å². The van der Waals surface area contributed by atoms with Crippen molar-refractivity contribution in [3.05, 3.63) is 67.8 Å². The van der Waals surface area contributed by atoms with Gasteiger partial charge in [0, 0.05) is 26.5 Å². The Morgan fingerprint density at radius 2 is 1.83 bits per heavy atom. The molecule has 0 unspecified atom stereocenters. The summed E-state index contributed by atoms with van der Waals surface area (Å²) in [5.74, 6) is 0.856. The van der Waals surface area contributed by atoms with Gasteiger partial charge in [-0.2, -0.15) is 10.2 Å². The second-order valence-electron chi connectivity index (χ2n) is 4.49. The lowest BCUT2D eigenvalue weighted by Crippen LogP contribution is -1.83. The van der Waals surface area contributed by atoms with E-state index in [2.05, 4.69) is 29.6 Å². The third-order valence-electron chi connectivity index (χ3n) is 2.28. The van der Waals surface area contributed by atoms with Gasteiger partial charge in [-0.1, -0.05) is 0 Å². The van der Waals surface area contributed by atoms with E-state index in [4.69, 9.17) is 4.42 Å². The van der Waals surface area contributed by atoms with E-state index in [1.165, 1.54) is 19.1 Å². The van der Waals surface area contributed by atoms with Gasteiger partial charge in [0.25, 0.3) is 0 Å². The monoisotopic (exact) mass is 331 g/mol. The molecular weight excluding hydrogens is 310 g/mol. The maximum atomic E-state index is 4.72. The largest absolute Gasteiger partial charge is 0.452 e.